The second-order valence-electron chi connectivity index (χ2n) is 5.60. The van der Waals surface area contributed by atoms with Crippen LogP contribution in [0.2, 0.25) is 0 Å². The largest absolute Gasteiger partial charge is 0.481 e. The number of carbonyl (C=O) groups excluding carboxylic acids is 1. The third-order valence-corrected chi connectivity index (χ3v) is 4.24. The van der Waals surface area contributed by atoms with Gasteiger partial charge in [0.15, 0.2) is 0 Å². The molecule has 1 aliphatic heterocycles. The zero-order chi connectivity index (χ0) is 13.9. The number of nitrogens with one attached hydrogen (secondary N) is 1. The summed E-state index contributed by atoms with van der Waals surface area (Å²) in [6.45, 7) is 0.980. The highest BCUT2D eigenvalue weighted by Crippen LogP contribution is 2.45. The zero-order valence-corrected chi connectivity index (χ0v) is 11.1. The lowest BCUT2D eigenvalue weighted by atomic mass is 10.00. The number of amides is 2. The number of urea groups is 1. The Balaban J connectivity index is 1.86. The van der Waals surface area contributed by atoms with Crippen molar-refractivity contribution in [2.24, 2.45) is 5.41 Å². The smallest absolute Gasteiger partial charge is 0.317 e. The van der Waals surface area contributed by atoms with E-state index in [1.54, 1.807) is 4.90 Å². The highest BCUT2D eigenvalue weighted by molar-refractivity contribution is 5.80. The number of piperidine rings is 1. The number of aliphatic hydroxyl groups is 1. The van der Waals surface area contributed by atoms with Crippen LogP contribution in [0.15, 0.2) is 0 Å². The van der Waals surface area contributed by atoms with Gasteiger partial charge in [-0.15, -0.1) is 0 Å². The molecule has 1 saturated carbocycles. The second kappa shape index (κ2) is 5.77. The number of hydrogen-bond acceptors (Lipinski definition) is 3. The van der Waals surface area contributed by atoms with E-state index >= 15 is 0 Å². The molecular weight excluding hydrogens is 248 g/mol. The molecule has 1 heterocycles. The van der Waals surface area contributed by atoms with Crippen LogP contribution in [0, 0.1) is 5.41 Å². The van der Waals surface area contributed by atoms with Gasteiger partial charge < -0.3 is 20.4 Å². The molecule has 1 unspecified atom stereocenters. The number of aliphatic carboxylic acids is 1. The van der Waals surface area contributed by atoms with Gasteiger partial charge in [0.1, 0.15) is 0 Å². The summed E-state index contributed by atoms with van der Waals surface area (Å²) in [4.78, 5) is 24.9. The lowest BCUT2D eigenvalue weighted by Gasteiger charge is -2.35. The summed E-state index contributed by atoms with van der Waals surface area (Å²) in [5.41, 5.74) is -0.724. The number of rotatable bonds is 5. The minimum absolute atomic E-state index is 0.0769. The molecule has 1 atom stereocenters. The highest BCUT2D eigenvalue weighted by atomic mass is 16.4. The van der Waals surface area contributed by atoms with Crippen LogP contribution in [-0.4, -0.2) is 52.9 Å². The number of aliphatic hydroxyl groups excluding tert-OH is 1. The summed E-state index contributed by atoms with van der Waals surface area (Å²) in [6, 6.07) is -0.107. The van der Waals surface area contributed by atoms with Crippen LogP contribution >= 0.6 is 0 Å². The van der Waals surface area contributed by atoms with Crippen LogP contribution < -0.4 is 5.32 Å². The first-order valence-corrected chi connectivity index (χ1v) is 6.98. The Labute approximate surface area is 112 Å². The fourth-order valence-corrected chi connectivity index (χ4v) is 2.68. The Morgan fingerprint density at radius 2 is 2.05 bits per heavy atom. The molecule has 6 heteroatoms. The minimum atomic E-state index is -0.821. The molecule has 2 aliphatic rings. The van der Waals surface area contributed by atoms with Gasteiger partial charge >= 0.3 is 12.0 Å². The number of nitrogens with zero attached hydrogens (tertiary/aromatic N) is 1. The van der Waals surface area contributed by atoms with Crippen molar-refractivity contribution >= 4 is 12.0 Å². The van der Waals surface area contributed by atoms with Gasteiger partial charge in [0.05, 0.1) is 5.41 Å². The lowest BCUT2D eigenvalue weighted by Crippen LogP contribution is -2.50. The molecule has 0 bridgehead atoms. The normalized spacial score (nSPS) is 24.9. The molecule has 0 spiro atoms. The molecule has 0 aromatic rings. The van der Waals surface area contributed by atoms with E-state index in [4.69, 9.17) is 10.2 Å². The standard InChI is InChI=1S/C13H22N2O4/c16-8-4-10-3-1-2-7-15(10)12(19)14-9-13(5-6-13)11(17)18/h10,16H,1-9H2,(H,14,19)(H,17,18). The van der Waals surface area contributed by atoms with Crippen molar-refractivity contribution in [3.63, 3.8) is 0 Å². The second-order valence-corrected chi connectivity index (χ2v) is 5.60. The van der Waals surface area contributed by atoms with Crippen LogP contribution in [0.1, 0.15) is 38.5 Å². The summed E-state index contributed by atoms with van der Waals surface area (Å²) in [7, 11) is 0. The third kappa shape index (κ3) is 3.18. The van der Waals surface area contributed by atoms with Gasteiger partial charge in [-0.25, -0.2) is 4.79 Å². The number of likely N-dealkylation sites (tertiary alicyclic amines) is 1. The number of hydrogen-bond donors (Lipinski definition) is 3. The monoisotopic (exact) mass is 270 g/mol. The first kappa shape index (κ1) is 14.1. The molecule has 0 radical (unpaired) electrons. The van der Waals surface area contributed by atoms with Crippen LogP contribution in [0.4, 0.5) is 4.79 Å². The fraction of sp³-hybridized carbons (Fsp3) is 0.846. The molecule has 2 fully saturated rings. The Kier molecular flexibility index (Phi) is 4.29. The van der Waals surface area contributed by atoms with Gasteiger partial charge in [-0.3, -0.25) is 4.79 Å². The number of carboxylic acid groups (broad SMARTS) is 1. The predicted octanol–water partition coefficient (Wildman–Crippen LogP) is 0.798. The predicted molar refractivity (Wildman–Crippen MR) is 68.7 cm³/mol. The fourth-order valence-electron chi connectivity index (χ4n) is 2.68. The third-order valence-electron chi connectivity index (χ3n) is 4.24. The van der Waals surface area contributed by atoms with Crippen LogP contribution in [0.5, 0.6) is 0 Å². The van der Waals surface area contributed by atoms with Gasteiger partial charge in [-0.2, -0.15) is 0 Å². The average Bonchev–Trinajstić information content (AvgIpc) is 3.18. The van der Waals surface area contributed by atoms with Crippen molar-refractivity contribution in [3.8, 4) is 0 Å². The SMILES string of the molecule is O=C(NCC1(C(=O)O)CC1)N1CCCCC1CCO. The summed E-state index contributed by atoms with van der Waals surface area (Å²) >= 11 is 0. The first-order valence-electron chi connectivity index (χ1n) is 6.98. The van der Waals surface area contributed by atoms with Crippen molar-refractivity contribution in [1.82, 2.24) is 10.2 Å². The van der Waals surface area contributed by atoms with Gasteiger partial charge in [-0.05, 0) is 38.5 Å². The Bertz CT molecular complexity index is 353. The molecule has 19 heavy (non-hydrogen) atoms. The van der Waals surface area contributed by atoms with E-state index in [0.29, 0.717) is 25.8 Å². The van der Waals surface area contributed by atoms with Gasteiger partial charge in [-0.1, -0.05) is 0 Å². The molecule has 0 aromatic heterocycles. The van der Waals surface area contributed by atoms with Gasteiger partial charge in [0, 0.05) is 25.7 Å². The number of carbonyl (C=O) groups is 2. The van der Waals surface area contributed by atoms with Crippen LogP contribution in [-0.2, 0) is 4.79 Å². The maximum atomic E-state index is 12.1. The van der Waals surface area contributed by atoms with Crippen molar-refractivity contribution in [2.45, 2.75) is 44.6 Å². The highest BCUT2D eigenvalue weighted by Gasteiger charge is 2.50. The summed E-state index contributed by atoms with van der Waals surface area (Å²) < 4.78 is 0. The van der Waals surface area contributed by atoms with Crippen molar-refractivity contribution in [3.05, 3.63) is 0 Å². The summed E-state index contributed by atoms with van der Waals surface area (Å²) in [6.07, 6.45) is 4.84. The van der Waals surface area contributed by atoms with E-state index in [1.165, 1.54) is 0 Å². The first-order chi connectivity index (χ1) is 9.09. The van der Waals surface area contributed by atoms with Crippen molar-refractivity contribution < 1.29 is 19.8 Å². The van der Waals surface area contributed by atoms with E-state index in [2.05, 4.69) is 5.32 Å². The maximum absolute atomic E-state index is 12.1. The Morgan fingerprint density at radius 1 is 1.32 bits per heavy atom. The van der Waals surface area contributed by atoms with Gasteiger partial charge in [0.2, 0.25) is 0 Å². The Morgan fingerprint density at radius 3 is 2.63 bits per heavy atom. The molecule has 108 valence electrons. The molecule has 2 amide bonds. The molecule has 6 nitrogen and oxygen atoms in total. The molecule has 1 aliphatic carbocycles. The summed E-state index contributed by atoms with van der Waals surface area (Å²) in [5, 5.41) is 20.8. The number of carboxylic acids is 1. The van der Waals surface area contributed by atoms with E-state index in [0.717, 1.165) is 19.3 Å². The zero-order valence-electron chi connectivity index (χ0n) is 11.1. The molecule has 1 saturated heterocycles. The summed E-state index contributed by atoms with van der Waals surface area (Å²) in [5.74, 6) is -0.821. The van der Waals surface area contributed by atoms with Crippen LogP contribution in [0.25, 0.3) is 0 Å². The van der Waals surface area contributed by atoms with E-state index in [-0.39, 0.29) is 25.2 Å². The van der Waals surface area contributed by atoms with Crippen molar-refractivity contribution in [2.75, 3.05) is 19.7 Å². The van der Waals surface area contributed by atoms with Crippen molar-refractivity contribution in [1.29, 1.82) is 0 Å². The van der Waals surface area contributed by atoms with E-state index in [1.807, 2.05) is 0 Å². The molecule has 3 N–H and O–H groups in total. The maximum Gasteiger partial charge on any atom is 0.317 e. The molecular formula is C13H22N2O4. The quantitative estimate of drug-likeness (QED) is 0.689. The average molecular weight is 270 g/mol. The minimum Gasteiger partial charge on any atom is -0.481 e. The lowest BCUT2D eigenvalue weighted by molar-refractivity contribution is -0.143. The van der Waals surface area contributed by atoms with Gasteiger partial charge in [0.25, 0.3) is 0 Å². The molecule has 2 rings (SSSR count). The van der Waals surface area contributed by atoms with Crippen LogP contribution in [0.3, 0.4) is 0 Å². The Hall–Kier alpha value is -1.30. The van der Waals surface area contributed by atoms with E-state index in [9.17, 15) is 9.59 Å². The molecule has 0 aromatic carbocycles. The van der Waals surface area contributed by atoms with E-state index < -0.39 is 11.4 Å². The topological polar surface area (TPSA) is 89.9 Å².